The number of halogens is 2. The van der Waals surface area contributed by atoms with Gasteiger partial charge in [-0.25, -0.2) is 13.3 Å². The highest BCUT2D eigenvalue weighted by Gasteiger charge is 2.38. The molecule has 0 amide bonds. The number of para-hydroxylation sites is 1. The van der Waals surface area contributed by atoms with Crippen LogP contribution in [0.4, 0.5) is 14.5 Å². The van der Waals surface area contributed by atoms with E-state index in [0.29, 0.717) is 0 Å². The molecule has 9 nitrogen and oxygen atoms in total. The monoisotopic (exact) mass is 484 g/mol. The fourth-order valence-corrected chi connectivity index (χ4v) is 4.67. The van der Waals surface area contributed by atoms with Gasteiger partial charge < -0.3 is 13.8 Å². The van der Waals surface area contributed by atoms with Gasteiger partial charge in [-0.05, 0) is 44.0 Å². The van der Waals surface area contributed by atoms with Gasteiger partial charge in [-0.3, -0.25) is 14.9 Å². The molecular formula is C21H23F2N2O7P. The van der Waals surface area contributed by atoms with Crippen molar-refractivity contribution < 1.29 is 36.8 Å². The molecular weight excluding hydrogens is 461 g/mol. The van der Waals surface area contributed by atoms with Crippen molar-refractivity contribution in [3.05, 3.63) is 64.7 Å². The molecule has 3 rings (SSSR count). The molecule has 0 bridgehead atoms. The van der Waals surface area contributed by atoms with E-state index in [4.69, 9.17) is 13.8 Å². The summed E-state index contributed by atoms with van der Waals surface area (Å²) in [5.41, 5.74) is -0.191. The minimum absolute atomic E-state index is 0.00226. The smallest absolute Gasteiger partial charge is 0.461 e. The lowest BCUT2D eigenvalue weighted by atomic mass is 9.94. The number of carbonyl (C=O) groups excluding carboxylic acids is 1. The Morgan fingerprint density at radius 2 is 1.64 bits per heavy atom. The zero-order valence-electron chi connectivity index (χ0n) is 17.7. The summed E-state index contributed by atoms with van der Waals surface area (Å²) in [6.45, 7) is 1.37. The summed E-state index contributed by atoms with van der Waals surface area (Å²) < 4.78 is 56.4. The van der Waals surface area contributed by atoms with Crippen LogP contribution in [-0.2, 0) is 14.1 Å². The van der Waals surface area contributed by atoms with Crippen LogP contribution in [0.25, 0.3) is 0 Å². The number of nitro benzene ring substituents is 1. The Morgan fingerprint density at radius 3 is 2.18 bits per heavy atom. The van der Waals surface area contributed by atoms with Gasteiger partial charge in [-0.2, -0.15) is 5.09 Å². The molecule has 178 valence electrons. The maximum atomic E-state index is 13.5. The van der Waals surface area contributed by atoms with Crippen molar-refractivity contribution in [3.63, 3.8) is 0 Å². The van der Waals surface area contributed by atoms with Gasteiger partial charge >= 0.3 is 13.7 Å². The second kappa shape index (κ2) is 10.3. The summed E-state index contributed by atoms with van der Waals surface area (Å²) in [5.74, 6) is -3.37. The van der Waals surface area contributed by atoms with Gasteiger partial charge in [-0.15, -0.1) is 0 Å². The molecule has 1 saturated carbocycles. The van der Waals surface area contributed by atoms with Gasteiger partial charge in [0, 0.05) is 25.0 Å². The van der Waals surface area contributed by atoms with Crippen molar-refractivity contribution in [2.45, 2.75) is 50.7 Å². The summed E-state index contributed by atoms with van der Waals surface area (Å²) in [5, 5.41) is 13.3. The molecule has 12 heteroatoms. The average Bonchev–Trinajstić information content (AvgIpc) is 2.76. The van der Waals surface area contributed by atoms with Crippen molar-refractivity contribution in [1.29, 1.82) is 0 Å². The third kappa shape index (κ3) is 7.23. The minimum atomic E-state index is -4.23. The lowest BCUT2D eigenvalue weighted by Gasteiger charge is -2.29. The number of nitro groups is 1. The molecule has 33 heavy (non-hydrogen) atoms. The van der Waals surface area contributed by atoms with Gasteiger partial charge in [0.25, 0.3) is 5.69 Å². The summed E-state index contributed by atoms with van der Waals surface area (Å²) in [4.78, 5) is 22.7. The molecule has 1 N–H and O–H groups in total. The molecule has 0 aliphatic heterocycles. The number of benzene rings is 2. The van der Waals surface area contributed by atoms with Gasteiger partial charge in [0.15, 0.2) is 0 Å². The van der Waals surface area contributed by atoms with E-state index >= 15 is 0 Å². The highest BCUT2D eigenvalue weighted by Crippen LogP contribution is 2.45. The maximum Gasteiger partial charge on any atom is 0.513 e. The Hall–Kier alpha value is -3.04. The lowest BCUT2D eigenvalue weighted by Crippen LogP contribution is -2.39. The molecule has 2 atom stereocenters. The number of ether oxygens (including phenoxy) is 1. The predicted octanol–water partition coefficient (Wildman–Crippen LogP) is 5.26. The van der Waals surface area contributed by atoms with E-state index in [1.165, 1.54) is 43.3 Å². The predicted molar refractivity (Wildman–Crippen MR) is 114 cm³/mol. The van der Waals surface area contributed by atoms with Gasteiger partial charge in [0.2, 0.25) is 5.92 Å². The zero-order chi connectivity index (χ0) is 24.1. The molecule has 2 aromatic rings. The number of esters is 1. The second-order valence-corrected chi connectivity index (χ2v) is 9.21. The van der Waals surface area contributed by atoms with Crippen LogP contribution < -0.4 is 14.1 Å². The van der Waals surface area contributed by atoms with E-state index in [0.717, 1.165) is 0 Å². The largest absolute Gasteiger partial charge is 0.513 e. The van der Waals surface area contributed by atoms with E-state index in [1.807, 2.05) is 0 Å². The number of hydrogen-bond acceptors (Lipinski definition) is 7. The van der Waals surface area contributed by atoms with E-state index in [2.05, 4.69) is 5.09 Å². The average molecular weight is 484 g/mol. The lowest BCUT2D eigenvalue weighted by molar-refractivity contribution is -0.384. The van der Waals surface area contributed by atoms with Crippen LogP contribution >= 0.6 is 7.75 Å². The van der Waals surface area contributed by atoms with Crippen LogP contribution in [0.1, 0.15) is 32.6 Å². The van der Waals surface area contributed by atoms with Crippen LogP contribution in [0, 0.1) is 10.1 Å². The van der Waals surface area contributed by atoms with Gasteiger partial charge in [-0.1, -0.05) is 18.2 Å². The molecule has 0 radical (unpaired) electrons. The number of carbonyl (C=O) groups is 1. The SMILES string of the molecule is C[C@H](NP(=O)(Oc1ccccc1)Oc1ccc([N+](=O)[O-])cc1)C(=O)OC1CCC(F)(F)CC1. The first-order valence-corrected chi connectivity index (χ1v) is 11.7. The van der Waals surface area contributed by atoms with E-state index in [1.54, 1.807) is 18.2 Å². The molecule has 0 saturated heterocycles. The van der Waals surface area contributed by atoms with Gasteiger partial charge in [0.1, 0.15) is 23.6 Å². The fourth-order valence-electron chi connectivity index (χ4n) is 3.15. The summed E-state index contributed by atoms with van der Waals surface area (Å²) in [6, 6.07) is 11.7. The van der Waals surface area contributed by atoms with Crippen LogP contribution in [0.3, 0.4) is 0 Å². The van der Waals surface area contributed by atoms with Crippen molar-refractivity contribution >= 4 is 19.4 Å². The number of nitrogens with zero attached hydrogens (tertiary/aromatic N) is 1. The molecule has 0 spiro atoms. The van der Waals surface area contributed by atoms with Crippen molar-refractivity contribution in [1.82, 2.24) is 5.09 Å². The van der Waals surface area contributed by atoms with Crippen molar-refractivity contribution in [3.8, 4) is 11.5 Å². The van der Waals surface area contributed by atoms with Crippen molar-refractivity contribution in [2.75, 3.05) is 0 Å². The van der Waals surface area contributed by atoms with Crippen molar-refractivity contribution in [2.24, 2.45) is 0 Å². The Labute approximate surface area is 188 Å². The second-order valence-electron chi connectivity index (χ2n) is 7.59. The zero-order valence-corrected chi connectivity index (χ0v) is 18.6. The minimum Gasteiger partial charge on any atom is -0.461 e. The molecule has 2 aromatic carbocycles. The highest BCUT2D eigenvalue weighted by molar-refractivity contribution is 7.52. The first-order valence-electron chi connectivity index (χ1n) is 10.2. The van der Waals surface area contributed by atoms with E-state index in [9.17, 15) is 28.3 Å². The molecule has 1 fully saturated rings. The van der Waals surface area contributed by atoms with Crippen LogP contribution in [0.15, 0.2) is 54.6 Å². The van der Waals surface area contributed by atoms with Crippen LogP contribution in [-0.4, -0.2) is 29.0 Å². The van der Waals surface area contributed by atoms with E-state index < -0.39 is 36.7 Å². The normalized spacial score (nSPS) is 18.5. The number of nitrogens with one attached hydrogen (secondary N) is 1. The Balaban J connectivity index is 1.71. The Morgan fingerprint density at radius 1 is 1.09 bits per heavy atom. The first-order chi connectivity index (χ1) is 15.6. The molecule has 0 aromatic heterocycles. The Kier molecular flexibility index (Phi) is 7.65. The van der Waals surface area contributed by atoms with Gasteiger partial charge in [0.05, 0.1) is 4.92 Å². The van der Waals surface area contributed by atoms with Crippen LogP contribution in [0.2, 0.25) is 0 Å². The summed E-state index contributed by atoms with van der Waals surface area (Å²) in [7, 11) is -4.23. The van der Waals surface area contributed by atoms with E-state index in [-0.39, 0.29) is 42.9 Å². The first kappa shape index (κ1) is 24.6. The molecule has 1 unspecified atom stereocenters. The standard InChI is InChI=1S/C21H23F2N2O7P/c1-15(20(26)30-17-11-13-21(22,23)14-12-17)24-33(29,31-18-5-3-2-4-6-18)32-19-9-7-16(8-10-19)25(27)28/h2-10,15,17H,11-14H2,1H3,(H,24,29)/t15-,33?/m0/s1. The molecule has 1 aliphatic rings. The Bertz CT molecular complexity index is 1010. The quantitative estimate of drug-likeness (QED) is 0.222. The molecule has 0 heterocycles. The van der Waals surface area contributed by atoms with Crippen LogP contribution in [0.5, 0.6) is 11.5 Å². The number of rotatable bonds is 9. The summed E-state index contributed by atoms with van der Waals surface area (Å²) in [6.07, 6.45) is -1.34. The topological polar surface area (TPSA) is 117 Å². The number of non-ortho nitro benzene ring substituents is 1. The number of hydrogen-bond donors (Lipinski definition) is 1. The third-order valence-corrected chi connectivity index (χ3v) is 6.50. The third-order valence-electron chi connectivity index (χ3n) is 4.89. The fraction of sp³-hybridized carbons (Fsp3) is 0.381. The summed E-state index contributed by atoms with van der Waals surface area (Å²) >= 11 is 0. The number of alkyl halides is 2. The highest BCUT2D eigenvalue weighted by atomic mass is 31.2. The maximum absolute atomic E-state index is 13.5. The molecule has 1 aliphatic carbocycles.